The van der Waals surface area contributed by atoms with Crippen molar-refractivity contribution in [1.29, 1.82) is 0 Å². The average molecular weight is 597 g/mol. The fraction of sp³-hybridized carbons (Fsp3) is 0.346. The molecule has 0 unspecified atom stereocenters. The molecule has 1 saturated heterocycles. The molecular formula is C26H27F3N4O9. The summed E-state index contributed by atoms with van der Waals surface area (Å²) in [4.78, 5) is 76.7. The summed E-state index contributed by atoms with van der Waals surface area (Å²) >= 11 is 0. The van der Waals surface area contributed by atoms with Gasteiger partial charge in [-0.2, -0.15) is 13.2 Å². The van der Waals surface area contributed by atoms with E-state index in [0.717, 1.165) is 23.1 Å². The standard InChI is InChI=1S/C24H26N4O7.C2HF3O2/c1-15(26-22(32)18-5-3-16(4-6-18)17-7-9-25-10-8-17)23(33)28-12-11-27(14-20(29)30)24(34)19(28)13-21(31)35-2;3-2(4,5)1(6)7/h3-10,15,19H,11-14H2,1-2H3,(H,26,32)(H,29,30);(H,6,7)/t15-,19-;/m0./s1. The molecule has 2 aromatic rings. The molecular weight excluding hydrogens is 569 g/mol. The first kappa shape index (κ1) is 33.2. The van der Waals surface area contributed by atoms with Gasteiger partial charge in [0.1, 0.15) is 18.6 Å². The van der Waals surface area contributed by atoms with Crippen LogP contribution in [0, 0.1) is 0 Å². The number of carbonyl (C=O) groups excluding carboxylic acids is 4. The second-order valence-corrected chi connectivity index (χ2v) is 8.79. The van der Waals surface area contributed by atoms with E-state index in [1.54, 1.807) is 36.7 Å². The second-order valence-electron chi connectivity index (χ2n) is 8.79. The Labute approximate surface area is 236 Å². The lowest BCUT2D eigenvalue weighted by Crippen LogP contribution is -2.62. The van der Waals surface area contributed by atoms with Crippen LogP contribution in [0.15, 0.2) is 48.8 Å². The molecule has 1 aliphatic heterocycles. The van der Waals surface area contributed by atoms with E-state index >= 15 is 0 Å². The lowest BCUT2D eigenvalue weighted by molar-refractivity contribution is -0.192. The number of nitrogens with one attached hydrogen (secondary N) is 1. The number of methoxy groups -OCH3 is 1. The quantitative estimate of drug-likeness (QED) is 0.374. The number of benzene rings is 1. The maximum atomic E-state index is 13.1. The van der Waals surface area contributed by atoms with Gasteiger partial charge in [0.05, 0.1) is 13.5 Å². The largest absolute Gasteiger partial charge is 0.490 e. The summed E-state index contributed by atoms with van der Waals surface area (Å²) in [6.07, 6.45) is -2.17. The molecule has 1 fully saturated rings. The number of alkyl halides is 3. The molecule has 1 aliphatic rings. The molecule has 16 heteroatoms. The van der Waals surface area contributed by atoms with Crippen LogP contribution in [0.2, 0.25) is 0 Å². The topological polar surface area (TPSA) is 184 Å². The monoisotopic (exact) mass is 596 g/mol. The van der Waals surface area contributed by atoms with Gasteiger partial charge in [0, 0.05) is 31.0 Å². The molecule has 3 N–H and O–H groups in total. The minimum absolute atomic E-state index is 0.00825. The number of amides is 3. The fourth-order valence-electron chi connectivity index (χ4n) is 3.81. The SMILES string of the molecule is COC(=O)C[C@H]1C(=O)N(CC(=O)O)CCN1C(=O)[C@H](C)NC(=O)c1ccc(-c2ccncc2)cc1.O=C(O)C(F)(F)F. The summed E-state index contributed by atoms with van der Waals surface area (Å²) in [7, 11) is 1.15. The Morgan fingerprint density at radius 3 is 2.07 bits per heavy atom. The predicted molar refractivity (Wildman–Crippen MR) is 137 cm³/mol. The summed E-state index contributed by atoms with van der Waals surface area (Å²) in [6.45, 7) is 0.946. The average Bonchev–Trinajstić information content (AvgIpc) is 2.94. The summed E-state index contributed by atoms with van der Waals surface area (Å²) in [6, 6.07) is 8.30. The van der Waals surface area contributed by atoms with Crippen molar-refractivity contribution in [1.82, 2.24) is 20.1 Å². The van der Waals surface area contributed by atoms with E-state index in [1.165, 1.54) is 11.8 Å². The molecule has 0 radical (unpaired) electrons. The van der Waals surface area contributed by atoms with E-state index in [2.05, 4.69) is 15.0 Å². The van der Waals surface area contributed by atoms with Crippen molar-refractivity contribution in [2.45, 2.75) is 31.6 Å². The van der Waals surface area contributed by atoms with Crippen LogP contribution in [0.1, 0.15) is 23.7 Å². The van der Waals surface area contributed by atoms with Crippen LogP contribution in [0.25, 0.3) is 11.1 Å². The van der Waals surface area contributed by atoms with Gasteiger partial charge in [0.25, 0.3) is 5.91 Å². The van der Waals surface area contributed by atoms with E-state index in [0.29, 0.717) is 5.56 Å². The molecule has 0 spiro atoms. The van der Waals surface area contributed by atoms with E-state index in [9.17, 15) is 37.1 Å². The van der Waals surface area contributed by atoms with Crippen molar-refractivity contribution in [3.63, 3.8) is 0 Å². The van der Waals surface area contributed by atoms with Gasteiger partial charge in [0.15, 0.2) is 0 Å². The lowest BCUT2D eigenvalue weighted by atomic mass is 10.0. The molecule has 1 aromatic carbocycles. The number of hydrogen-bond donors (Lipinski definition) is 3. The van der Waals surface area contributed by atoms with E-state index < -0.39 is 66.9 Å². The summed E-state index contributed by atoms with van der Waals surface area (Å²) in [5.41, 5.74) is 2.19. The molecule has 42 heavy (non-hydrogen) atoms. The number of carbonyl (C=O) groups is 6. The number of hydrogen-bond acceptors (Lipinski definition) is 8. The maximum Gasteiger partial charge on any atom is 0.490 e. The molecule has 0 bridgehead atoms. The van der Waals surface area contributed by atoms with Crippen LogP contribution in [0.5, 0.6) is 0 Å². The third kappa shape index (κ3) is 9.28. The first-order valence-corrected chi connectivity index (χ1v) is 12.1. The van der Waals surface area contributed by atoms with Gasteiger partial charge in [-0.05, 0) is 42.3 Å². The van der Waals surface area contributed by atoms with E-state index in [-0.39, 0.29) is 13.1 Å². The number of carboxylic acids is 2. The van der Waals surface area contributed by atoms with Gasteiger partial charge in [-0.3, -0.25) is 29.0 Å². The van der Waals surface area contributed by atoms with Crippen molar-refractivity contribution < 1.29 is 56.9 Å². The smallest absolute Gasteiger partial charge is 0.480 e. The van der Waals surface area contributed by atoms with Gasteiger partial charge in [-0.25, -0.2) is 4.79 Å². The molecule has 2 atom stereocenters. The van der Waals surface area contributed by atoms with Crippen LogP contribution < -0.4 is 5.32 Å². The third-order valence-corrected chi connectivity index (χ3v) is 5.90. The summed E-state index contributed by atoms with van der Waals surface area (Å²) < 4.78 is 36.4. The molecule has 3 amide bonds. The number of pyridine rings is 1. The van der Waals surface area contributed by atoms with Crippen molar-refractivity contribution in [3.8, 4) is 11.1 Å². The Kier molecular flexibility index (Phi) is 11.5. The number of nitrogens with zero attached hydrogens (tertiary/aromatic N) is 3. The van der Waals surface area contributed by atoms with E-state index in [1.807, 2.05) is 12.1 Å². The third-order valence-electron chi connectivity index (χ3n) is 5.90. The Balaban J connectivity index is 0.000000782. The number of esters is 1. The molecule has 2 heterocycles. The molecule has 0 saturated carbocycles. The molecule has 1 aromatic heterocycles. The van der Waals surface area contributed by atoms with Crippen molar-refractivity contribution in [2.75, 3.05) is 26.7 Å². The van der Waals surface area contributed by atoms with Gasteiger partial charge >= 0.3 is 24.1 Å². The molecule has 226 valence electrons. The Bertz CT molecular complexity index is 1300. The first-order valence-electron chi connectivity index (χ1n) is 12.1. The van der Waals surface area contributed by atoms with Gasteiger partial charge in [-0.15, -0.1) is 0 Å². The van der Waals surface area contributed by atoms with Crippen molar-refractivity contribution in [2.24, 2.45) is 0 Å². The van der Waals surface area contributed by atoms with Gasteiger partial charge in [-0.1, -0.05) is 12.1 Å². The Morgan fingerprint density at radius 2 is 1.57 bits per heavy atom. The predicted octanol–water partition coefficient (Wildman–Crippen LogP) is 1.19. The Morgan fingerprint density at radius 1 is 1.02 bits per heavy atom. The zero-order valence-electron chi connectivity index (χ0n) is 22.3. The van der Waals surface area contributed by atoms with Crippen LogP contribution in [0.3, 0.4) is 0 Å². The van der Waals surface area contributed by atoms with Crippen LogP contribution in [-0.4, -0.2) is 106 Å². The highest BCUT2D eigenvalue weighted by Crippen LogP contribution is 2.20. The Hall–Kier alpha value is -5.02. The summed E-state index contributed by atoms with van der Waals surface area (Å²) in [5, 5.41) is 18.8. The first-order chi connectivity index (χ1) is 19.6. The number of rotatable bonds is 8. The zero-order valence-corrected chi connectivity index (χ0v) is 22.3. The van der Waals surface area contributed by atoms with Crippen molar-refractivity contribution in [3.05, 3.63) is 54.4 Å². The number of ether oxygens (including phenoxy) is 1. The molecule has 3 rings (SSSR count). The fourth-order valence-corrected chi connectivity index (χ4v) is 3.81. The maximum absolute atomic E-state index is 13.1. The normalized spacial score (nSPS) is 15.5. The van der Waals surface area contributed by atoms with E-state index in [4.69, 9.17) is 15.0 Å². The minimum atomic E-state index is -5.08. The van der Waals surface area contributed by atoms with Gasteiger partial charge < -0.3 is 30.1 Å². The van der Waals surface area contributed by atoms with Crippen LogP contribution in [0.4, 0.5) is 13.2 Å². The van der Waals surface area contributed by atoms with Crippen LogP contribution in [-0.2, 0) is 28.7 Å². The highest BCUT2D eigenvalue weighted by atomic mass is 19.4. The van der Waals surface area contributed by atoms with Crippen LogP contribution >= 0.6 is 0 Å². The number of aromatic nitrogens is 1. The number of carboxylic acid groups (broad SMARTS) is 2. The second kappa shape index (κ2) is 14.6. The molecule has 13 nitrogen and oxygen atoms in total. The minimum Gasteiger partial charge on any atom is -0.480 e. The van der Waals surface area contributed by atoms with Gasteiger partial charge in [0.2, 0.25) is 11.8 Å². The molecule has 0 aliphatic carbocycles. The zero-order chi connectivity index (χ0) is 31.6. The number of halogens is 3. The number of aliphatic carboxylic acids is 2. The number of piperazine rings is 1. The van der Waals surface area contributed by atoms with Crippen molar-refractivity contribution >= 4 is 35.6 Å². The highest BCUT2D eigenvalue weighted by Gasteiger charge is 2.41. The highest BCUT2D eigenvalue weighted by molar-refractivity contribution is 5.99. The lowest BCUT2D eigenvalue weighted by Gasteiger charge is -2.40. The summed E-state index contributed by atoms with van der Waals surface area (Å²) in [5.74, 6) is -6.39.